The van der Waals surface area contributed by atoms with Crippen LogP contribution in [0.4, 0.5) is 0 Å². The van der Waals surface area contributed by atoms with Crippen molar-refractivity contribution in [2.75, 3.05) is 26.7 Å². The van der Waals surface area contributed by atoms with E-state index >= 15 is 0 Å². The molecule has 2 N–H and O–H groups in total. The summed E-state index contributed by atoms with van der Waals surface area (Å²) in [5.41, 5.74) is 0.285. The van der Waals surface area contributed by atoms with E-state index in [1.807, 2.05) is 0 Å². The van der Waals surface area contributed by atoms with Crippen molar-refractivity contribution < 1.29 is 14.1 Å². The van der Waals surface area contributed by atoms with E-state index in [1.165, 1.54) is 0 Å². The summed E-state index contributed by atoms with van der Waals surface area (Å²) in [6.45, 7) is 4.70. The second-order valence-electron chi connectivity index (χ2n) is 3.62. The van der Waals surface area contributed by atoms with Gasteiger partial charge in [-0.15, -0.1) is 12.4 Å². The third-order valence-corrected chi connectivity index (χ3v) is 2.09. The molecule has 0 saturated carbocycles. The highest BCUT2D eigenvalue weighted by atomic mass is 35.5. The number of hydrogen-bond acceptors (Lipinski definition) is 5. The van der Waals surface area contributed by atoms with Gasteiger partial charge in [0, 0.05) is 26.3 Å². The molecule has 0 fully saturated rings. The van der Waals surface area contributed by atoms with Gasteiger partial charge in [0.2, 0.25) is 0 Å². The lowest BCUT2D eigenvalue weighted by atomic mass is 10.3. The molecule has 0 bridgehead atoms. The molecule has 104 valence electrons. The summed E-state index contributed by atoms with van der Waals surface area (Å²) in [6.07, 6.45) is 1.08. The zero-order valence-electron chi connectivity index (χ0n) is 10.7. The van der Waals surface area contributed by atoms with Crippen LogP contribution in [0.1, 0.15) is 29.6 Å². The number of carbonyl (C=O) groups excluding carboxylic acids is 1. The fourth-order valence-corrected chi connectivity index (χ4v) is 1.29. The maximum absolute atomic E-state index is 11.6. The molecule has 1 amide bonds. The summed E-state index contributed by atoms with van der Waals surface area (Å²) in [7, 11) is 1.56. The van der Waals surface area contributed by atoms with Gasteiger partial charge in [0.15, 0.2) is 11.5 Å². The van der Waals surface area contributed by atoms with E-state index in [4.69, 9.17) is 9.26 Å². The van der Waals surface area contributed by atoms with Gasteiger partial charge in [-0.25, -0.2) is 0 Å². The summed E-state index contributed by atoms with van der Waals surface area (Å²) in [5, 5.41) is 9.60. The molecule has 1 aromatic rings. The highest BCUT2D eigenvalue weighted by Gasteiger charge is 2.11. The Labute approximate surface area is 113 Å². The Balaban J connectivity index is 0.00000289. The van der Waals surface area contributed by atoms with Gasteiger partial charge in [-0.05, 0) is 13.0 Å². The molecular weight excluding hydrogens is 258 g/mol. The maximum atomic E-state index is 11.6. The van der Waals surface area contributed by atoms with E-state index < -0.39 is 0 Å². The van der Waals surface area contributed by atoms with Crippen molar-refractivity contribution >= 4 is 18.3 Å². The van der Waals surface area contributed by atoms with Gasteiger partial charge >= 0.3 is 0 Å². The Morgan fingerprint density at radius 2 is 2.22 bits per heavy atom. The Morgan fingerprint density at radius 3 is 2.89 bits per heavy atom. The molecule has 6 nitrogen and oxygen atoms in total. The van der Waals surface area contributed by atoms with Crippen LogP contribution < -0.4 is 10.6 Å². The number of ether oxygens (including phenoxy) is 1. The quantitative estimate of drug-likeness (QED) is 0.693. The van der Waals surface area contributed by atoms with Gasteiger partial charge in [-0.2, -0.15) is 0 Å². The van der Waals surface area contributed by atoms with Crippen molar-refractivity contribution in [1.29, 1.82) is 0 Å². The van der Waals surface area contributed by atoms with Crippen molar-refractivity contribution in [3.63, 3.8) is 0 Å². The Morgan fingerprint density at radius 1 is 1.44 bits per heavy atom. The van der Waals surface area contributed by atoms with Gasteiger partial charge < -0.3 is 19.9 Å². The lowest BCUT2D eigenvalue weighted by Crippen LogP contribution is -2.32. The van der Waals surface area contributed by atoms with E-state index in [1.54, 1.807) is 13.2 Å². The minimum atomic E-state index is -0.227. The molecule has 0 spiro atoms. The van der Waals surface area contributed by atoms with Crippen molar-refractivity contribution in [3.8, 4) is 0 Å². The van der Waals surface area contributed by atoms with Crippen molar-refractivity contribution in [3.05, 3.63) is 17.5 Å². The van der Waals surface area contributed by atoms with Crippen LogP contribution in [0, 0.1) is 0 Å². The molecule has 1 rings (SSSR count). The first-order valence-electron chi connectivity index (χ1n) is 5.71. The van der Waals surface area contributed by atoms with Crippen molar-refractivity contribution in [1.82, 2.24) is 15.8 Å². The van der Waals surface area contributed by atoms with Crippen LogP contribution in [0.3, 0.4) is 0 Å². The zero-order valence-corrected chi connectivity index (χ0v) is 11.5. The number of nitrogens with zero attached hydrogens (tertiary/aromatic N) is 1. The Bertz CT molecular complexity index is 344. The average Bonchev–Trinajstić information content (AvgIpc) is 2.78. The number of methoxy groups -OCH3 is 1. The minimum absolute atomic E-state index is 0. The number of carbonyl (C=O) groups is 1. The average molecular weight is 278 g/mol. The monoisotopic (exact) mass is 277 g/mol. The smallest absolute Gasteiger partial charge is 0.273 e. The molecule has 0 aromatic carbocycles. The topological polar surface area (TPSA) is 76.4 Å². The lowest BCUT2D eigenvalue weighted by Gasteiger charge is -2.03. The fourth-order valence-electron chi connectivity index (χ4n) is 1.29. The van der Waals surface area contributed by atoms with Gasteiger partial charge in [-0.1, -0.05) is 12.1 Å². The van der Waals surface area contributed by atoms with E-state index in [9.17, 15) is 4.79 Å². The second-order valence-corrected chi connectivity index (χ2v) is 3.62. The van der Waals surface area contributed by atoms with Gasteiger partial charge in [0.1, 0.15) is 6.61 Å². The molecule has 0 aliphatic rings. The van der Waals surface area contributed by atoms with E-state index in [0.717, 1.165) is 19.5 Å². The van der Waals surface area contributed by atoms with Gasteiger partial charge in [0.25, 0.3) is 5.91 Å². The molecule has 18 heavy (non-hydrogen) atoms. The molecule has 0 atom stereocenters. The fraction of sp³-hybridized carbons (Fsp3) is 0.636. The third-order valence-electron chi connectivity index (χ3n) is 2.09. The Hall–Kier alpha value is -1.11. The van der Waals surface area contributed by atoms with Crippen molar-refractivity contribution in [2.45, 2.75) is 20.0 Å². The molecule has 0 aliphatic carbocycles. The number of halogens is 1. The van der Waals surface area contributed by atoms with Crippen LogP contribution in [-0.4, -0.2) is 37.8 Å². The number of aromatic nitrogens is 1. The van der Waals surface area contributed by atoms with Gasteiger partial charge in [-0.3, -0.25) is 4.79 Å². The van der Waals surface area contributed by atoms with E-state index in [0.29, 0.717) is 18.9 Å². The standard InChI is InChI=1S/C11H19N3O3.ClH/c1-3-4-12-5-6-13-11(15)10-7-9(8-16-2)17-14-10;/h7,12H,3-6,8H2,1-2H3,(H,13,15);1H. The molecule has 1 aromatic heterocycles. The first-order valence-corrected chi connectivity index (χ1v) is 5.71. The number of nitrogens with one attached hydrogen (secondary N) is 2. The minimum Gasteiger partial charge on any atom is -0.377 e. The van der Waals surface area contributed by atoms with E-state index in [-0.39, 0.29) is 24.0 Å². The summed E-state index contributed by atoms with van der Waals surface area (Å²) in [5.74, 6) is 0.316. The predicted molar refractivity (Wildman–Crippen MR) is 70.0 cm³/mol. The van der Waals surface area contributed by atoms with Crippen LogP contribution in [0.15, 0.2) is 10.6 Å². The number of amides is 1. The SMILES string of the molecule is CCCNCCNC(=O)c1cc(COC)on1.Cl. The van der Waals surface area contributed by atoms with Crippen LogP contribution in [0.5, 0.6) is 0 Å². The van der Waals surface area contributed by atoms with Crippen molar-refractivity contribution in [2.24, 2.45) is 0 Å². The highest BCUT2D eigenvalue weighted by molar-refractivity contribution is 5.92. The summed E-state index contributed by atoms with van der Waals surface area (Å²) in [6, 6.07) is 1.58. The lowest BCUT2D eigenvalue weighted by molar-refractivity contribution is 0.0944. The predicted octanol–water partition coefficient (Wildman–Crippen LogP) is 0.972. The van der Waals surface area contributed by atoms with Crippen LogP contribution in [-0.2, 0) is 11.3 Å². The third kappa shape index (κ3) is 6.00. The summed E-state index contributed by atoms with van der Waals surface area (Å²) in [4.78, 5) is 11.6. The first-order chi connectivity index (χ1) is 8.27. The highest BCUT2D eigenvalue weighted by Crippen LogP contribution is 2.04. The maximum Gasteiger partial charge on any atom is 0.273 e. The first kappa shape index (κ1) is 16.9. The number of rotatable bonds is 8. The molecular formula is C11H20ClN3O3. The summed E-state index contributed by atoms with van der Waals surface area (Å²) < 4.78 is 9.79. The van der Waals surface area contributed by atoms with Gasteiger partial charge in [0.05, 0.1) is 0 Å². The summed E-state index contributed by atoms with van der Waals surface area (Å²) >= 11 is 0. The number of hydrogen-bond donors (Lipinski definition) is 2. The second kappa shape index (κ2) is 9.87. The van der Waals surface area contributed by atoms with Crippen LogP contribution in [0.25, 0.3) is 0 Å². The zero-order chi connectivity index (χ0) is 12.5. The molecule has 7 heteroatoms. The van der Waals surface area contributed by atoms with Crippen LogP contribution >= 0.6 is 12.4 Å². The Kier molecular flexibility index (Phi) is 9.26. The molecule has 0 radical (unpaired) electrons. The molecule has 0 unspecified atom stereocenters. The molecule has 0 aliphatic heterocycles. The normalized spacial score (nSPS) is 9.89. The molecule has 0 saturated heterocycles. The van der Waals surface area contributed by atoms with E-state index in [2.05, 4.69) is 22.7 Å². The van der Waals surface area contributed by atoms with Crippen LogP contribution in [0.2, 0.25) is 0 Å². The largest absolute Gasteiger partial charge is 0.377 e. The molecule has 1 heterocycles.